The largest absolute Gasteiger partial charge is 0.480 e. The molecule has 0 aliphatic carbocycles. The normalized spacial score (nSPS) is 9.94. The summed E-state index contributed by atoms with van der Waals surface area (Å²) in [4.78, 5) is 16.8. The van der Waals surface area contributed by atoms with E-state index in [2.05, 4.69) is 14.7 Å². The van der Waals surface area contributed by atoms with Crippen molar-refractivity contribution < 1.29 is 14.6 Å². The number of ether oxygens (including phenoxy) is 1. The number of nitrogens with two attached hydrogens (primary N) is 1. The van der Waals surface area contributed by atoms with Crippen LogP contribution in [0.25, 0.3) is 0 Å². The molecule has 0 radical (unpaired) electrons. The molecule has 0 saturated carbocycles. The molecule has 0 fully saturated rings. The maximum absolute atomic E-state index is 10.3. The van der Waals surface area contributed by atoms with Gasteiger partial charge in [0.1, 0.15) is 6.04 Å². The third kappa shape index (κ3) is 9.72. The van der Waals surface area contributed by atoms with E-state index in [9.17, 15) is 4.79 Å². The highest BCUT2D eigenvalue weighted by molar-refractivity contribution is 5.85. The molecule has 0 aliphatic heterocycles. The van der Waals surface area contributed by atoms with Crippen LogP contribution in [0.1, 0.15) is 5.69 Å². The lowest BCUT2D eigenvalue weighted by Crippen LogP contribution is -2.32. The maximum Gasteiger partial charge on any atom is 0.320 e. The molecule has 1 rings (SSSR count). The van der Waals surface area contributed by atoms with Gasteiger partial charge in [0.05, 0.1) is 12.0 Å². The summed E-state index contributed by atoms with van der Waals surface area (Å²) >= 11 is 0. The molecule has 1 atom stereocenters. The van der Waals surface area contributed by atoms with Crippen LogP contribution in [0.2, 0.25) is 0 Å². The van der Waals surface area contributed by atoms with Gasteiger partial charge in [-0.15, -0.1) is 24.8 Å². The number of aliphatic carboxylic acids is 1. The van der Waals surface area contributed by atoms with E-state index < -0.39 is 12.0 Å². The first-order valence-corrected chi connectivity index (χ1v) is 3.98. The van der Waals surface area contributed by atoms with E-state index in [1.165, 1.54) is 6.33 Å². The lowest BCUT2D eigenvalue weighted by Gasteiger charge is -2.01. The van der Waals surface area contributed by atoms with Gasteiger partial charge in [-0.25, -0.2) is 4.98 Å². The third-order valence-electron chi connectivity index (χ3n) is 1.30. The Morgan fingerprint density at radius 3 is 2.44 bits per heavy atom. The van der Waals surface area contributed by atoms with Gasteiger partial charge in [0.25, 0.3) is 0 Å². The molecule has 1 heterocycles. The molecule has 0 bridgehead atoms. The predicted molar refractivity (Wildman–Crippen MR) is 65.3 cm³/mol. The molecule has 0 unspecified atom stereocenters. The molecule has 0 saturated heterocycles. The Morgan fingerprint density at radius 2 is 2.12 bits per heavy atom. The van der Waals surface area contributed by atoms with Crippen LogP contribution in [-0.2, 0) is 16.0 Å². The van der Waals surface area contributed by atoms with Crippen LogP contribution in [0.15, 0.2) is 12.5 Å². The number of carbonyl (C=O) groups is 1. The van der Waals surface area contributed by atoms with Crippen LogP contribution in [0.5, 0.6) is 0 Å². The van der Waals surface area contributed by atoms with Gasteiger partial charge in [0, 0.05) is 26.8 Å². The number of H-pyrrole nitrogens is 1. The zero-order valence-electron chi connectivity index (χ0n) is 9.04. The summed E-state index contributed by atoms with van der Waals surface area (Å²) in [7, 11) is 3.25. The number of hydrogen-bond acceptors (Lipinski definition) is 4. The molecule has 4 N–H and O–H groups in total. The number of halogens is 2. The van der Waals surface area contributed by atoms with Crippen LogP contribution in [0.3, 0.4) is 0 Å². The zero-order valence-corrected chi connectivity index (χ0v) is 10.7. The van der Waals surface area contributed by atoms with Crippen LogP contribution < -0.4 is 5.73 Å². The van der Waals surface area contributed by atoms with Crippen molar-refractivity contribution in [3.8, 4) is 0 Å². The van der Waals surface area contributed by atoms with Gasteiger partial charge in [-0.3, -0.25) is 4.79 Å². The monoisotopic (exact) mass is 273 g/mol. The molecular weight excluding hydrogens is 257 g/mol. The number of hydrogen-bond donors (Lipinski definition) is 3. The van der Waals surface area contributed by atoms with Crippen LogP contribution in [-0.4, -0.2) is 41.3 Å². The number of imidazole rings is 1. The average molecular weight is 274 g/mol. The lowest BCUT2D eigenvalue weighted by atomic mass is 10.2. The average Bonchev–Trinajstić information content (AvgIpc) is 2.58. The Morgan fingerprint density at radius 1 is 1.62 bits per heavy atom. The van der Waals surface area contributed by atoms with E-state index in [1.54, 1.807) is 20.4 Å². The first-order chi connectivity index (χ1) is 6.61. The van der Waals surface area contributed by atoms with Gasteiger partial charge in [0.2, 0.25) is 0 Å². The SMILES string of the molecule is COC.Cl.Cl.N[C@@H](Cc1c[nH]cn1)C(=O)O. The summed E-state index contributed by atoms with van der Waals surface area (Å²) in [5.74, 6) is -1.01. The van der Waals surface area contributed by atoms with E-state index in [0.29, 0.717) is 5.69 Å². The highest BCUT2D eigenvalue weighted by Crippen LogP contribution is 1.95. The molecule has 96 valence electrons. The van der Waals surface area contributed by atoms with Crippen molar-refractivity contribution in [2.75, 3.05) is 14.2 Å². The summed E-state index contributed by atoms with van der Waals surface area (Å²) in [6.45, 7) is 0. The molecule has 0 amide bonds. The Kier molecular flexibility index (Phi) is 15.8. The molecular formula is C8H17Cl2N3O3. The van der Waals surface area contributed by atoms with Gasteiger partial charge in [0.15, 0.2) is 0 Å². The van der Waals surface area contributed by atoms with Gasteiger partial charge < -0.3 is 20.6 Å². The zero-order chi connectivity index (χ0) is 11.0. The van der Waals surface area contributed by atoms with Gasteiger partial charge in [-0.1, -0.05) is 0 Å². The minimum Gasteiger partial charge on any atom is -0.480 e. The third-order valence-corrected chi connectivity index (χ3v) is 1.30. The number of methoxy groups -OCH3 is 1. The molecule has 6 nitrogen and oxygen atoms in total. The molecule has 8 heteroatoms. The summed E-state index contributed by atoms with van der Waals surface area (Å²) in [6, 6.07) is -0.863. The van der Waals surface area contributed by atoms with E-state index in [0.717, 1.165) is 0 Å². The fourth-order valence-electron chi connectivity index (χ4n) is 0.715. The van der Waals surface area contributed by atoms with Crippen molar-refractivity contribution in [2.24, 2.45) is 5.73 Å². The smallest absolute Gasteiger partial charge is 0.320 e. The highest BCUT2D eigenvalue weighted by atomic mass is 35.5. The van der Waals surface area contributed by atoms with Crippen molar-refractivity contribution in [1.82, 2.24) is 9.97 Å². The van der Waals surface area contributed by atoms with Crippen LogP contribution >= 0.6 is 24.8 Å². The topological polar surface area (TPSA) is 101 Å². The molecule has 0 aliphatic rings. The van der Waals surface area contributed by atoms with Gasteiger partial charge in [-0.05, 0) is 0 Å². The number of aromatic amines is 1. The van der Waals surface area contributed by atoms with Crippen molar-refractivity contribution in [1.29, 1.82) is 0 Å². The Hall–Kier alpha value is -0.820. The van der Waals surface area contributed by atoms with E-state index in [4.69, 9.17) is 10.8 Å². The van der Waals surface area contributed by atoms with Crippen molar-refractivity contribution in [3.05, 3.63) is 18.2 Å². The molecule has 16 heavy (non-hydrogen) atoms. The van der Waals surface area contributed by atoms with E-state index in [1.807, 2.05) is 0 Å². The van der Waals surface area contributed by atoms with Gasteiger partial charge in [-0.2, -0.15) is 0 Å². The standard InChI is InChI=1S/C6H9N3O2.C2H6O.2ClH/c7-5(6(10)11)1-4-2-8-3-9-4;1-3-2;;/h2-3,5H,1,7H2,(H,8,9)(H,10,11);1-2H3;2*1H/t5-;;;/m0.../s1. The number of carboxylic acids is 1. The number of nitrogens with one attached hydrogen (secondary N) is 1. The van der Waals surface area contributed by atoms with Gasteiger partial charge >= 0.3 is 5.97 Å². The minimum absolute atomic E-state index is 0. The lowest BCUT2D eigenvalue weighted by molar-refractivity contribution is -0.138. The Bertz CT molecular complexity index is 257. The van der Waals surface area contributed by atoms with E-state index >= 15 is 0 Å². The van der Waals surface area contributed by atoms with Crippen molar-refractivity contribution in [2.45, 2.75) is 12.5 Å². The summed E-state index contributed by atoms with van der Waals surface area (Å²) in [5, 5.41) is 8.42. The van der Waals surface area contributed by atoms with Crippen LogP contribution in [0.4, 0.5) is 0 Å². The second kappa shape index (κ2) is 12.3. The number of carboxylic acid groups (broad SMARTS) is 1. The predicted octanol–water partition coefficient (Wildman–Crippen LogP) is 0.470. The second-order valence-electron chi connectivity index (χ2n) is 2.62. The van der Waals surface area contributed by atoms with Crippen LogP contribution in [0, 0.1) is 0 Å². The first-order valence-electron chi connectivity index (χ1n) is 3.98. The minimum atomic E-state index is -1.01. The number of nitrogens with zero attached hydrogens (tertiary/aromatic N) is 1. The first kappa shape index (κ1) is 20.6. The fraction of sp³-hybridized carbons (Fsp3) is 0.500. The Balaban J connectivity index is -0.000000306. The number of rotatable bonds is 3. The number of aromatic nitrogens is 2. The van der Waals surface area contributed by atoms with Crippen molar-refractivity contribution in [3.63, 3.8) is 0 Å². The quantitative estimate of drug-likeness (QED) is 0.743. The molecule has 1 aromatic rings. The highest BCUT2D eigenvalue weighted by Gasteiger charge is 2.12. The summed E-state index contributed by atoms with van der Waals surface area (Å²) < 4.78 is 4.25. The second-order valence-corrected chi connectivity index (χ2v) is 2.62. The maximum atomic E-state index is 10.3. The Labute approximate surface area is 106 Å². The van der Waals surface area contributed by atoms with Crippen molar-refractivity contribution >= 4 is 30.8 Å². The molecule has 1 aromatic heterocycles. The summed E-state index contributed by atoms with van der Waals surface area (Å²) in [5.41, 5.74) is 5.92. The summed E-state index contributed by atoms with van der Waals surface area (Å²) in [6.07, 6.45) is 3.38. The molecule has 0 aromatic carbocycles. The molecule has 0 spiro atoms. The van der Waals surface area contributed by atoms with E-state index in [-0.39, 0.29) is 31.2 Å². The fourth-order valence-corrected chi connectivity index (χ4v) is 0.715.